The van der Waals surface area contributed by atoms with Crippen molar-refractivity contribution in [2.24, 2.45) is 0 Å². The van der Waals surface area contributed by atoms with Gasteiger partial charge in [-0.25, -0.2) is 0 Å². The van der Waals surface area contributed by atoms with Gasteiger partial charge in [0.1, 0.15) is 11.0 Å². The van der Waals surface area contributed by atoms with Crippen molar-refractivity contribution in [1.82, 2.24) is 25.3 Å². The number of carbonyl (C=O) groups is 1. The van der Waals surface area contributed by atoms with Gasteiger partial charge in [0.05, 0.1) is 17.5 Å². The third-order valence-corrected chi connectivity index (χ3v) is 5.16. The number of hydrogen-bond donors (Lipinski definition) is 2. The van der Waals surface area contributed by atoms with Crippen molar-refractivity contribution in [3.8, 4) is 0 Å². The van der Waals surface area contributed by atoms with Crippen LogP contribution in [0.1, 0.15) is 45.5 Å². The number of nitrogens with two attached hydrogens (primary N) is 1. The van der Waals surface area contributed by atoms with E-state index in [2.05, 4.69) is 20.6 Å². The Morgan fingerprint density at radius 3 is 2.84 bits per heavy atom. The minimum absolute atomic E-state index is 0.147. The largest absolute Gasteiger partial charge is 0.374 e. The second-order valence-corrected chi connectivity index (χ2v) is 7.02. The minimum Gasteiger partial charge on any atom is -0.374 e. The van der Waals surface area contributed by atoms with Crippen molar-refractivity contribution < 1.29 is 4.79 Å². The lowest BCUT2D eigenvalue weighted by Crippen LogP contribution is -2.30. The summed E-state index contributed by atoms with van der Waals surface area (Å²) in [7, 11) is 0. The van der Waals surface area contributed by atoms with E-state index in [1.165, 1.54) is 11.3 Å². The molecule has 0 radical (unpaired) electrons. The van der Waals surface area contributed by atoms with Crippen LogP contribution in [-0.4, -0.2) is 25.9 Å². The molecule has 7 nitrogen and oxygen atoms in total. The zero-order valence-electron chi connectivity index (χ0n) is 13.6. The average Bonchev–Trinajstić information content (AvgIpc) is 3.26. The number of aromatic nitrogens is 4. The number of benzene rings is 1. The first-order chi connectivity index (χ1) is 12.2. The summed E-state index contributed by atoms with van der Waals surface area (Å²) >= 11 is 1.28. The summed E-state index contributed by atoms with van der Waals surface area (Å²) in [6, 6.07) is 9.32. The van der Waals surface area contributed by atoms with E-state index in [0.717, 1.165) is 37.1 Å². The van der Waals surface area contributed by atoms with E-state index in [4.69, 9.17) is 5.73 Å². The summed E-state index contributed by atoms with van der Waals surface area (Å²) in [5.41, 5.74) is 8.31. The fourth-order valence-electron chi connectivity index (χ4n) is 3.12. The molecule has 1 aromatic carbocycles. The maximum absolute atomic E-state index is 12.9. The van der Waals surface area contributed by atoms with E-state index in [0.29, 0.717) is 15.7 Å². The Balaban J connectivity index is 1.65. The van der Waals surface area contributed by atoms with Gasteiger partial charge in [-0.2, -0.15) is 5.10 Å². The quantitative estimate of drug-likeness (QED) is 0.748. The Kier molecular flexibility index (Phi) is 4.19. The molecule has 8 heteroatoms. The van der Waals surface area contributed by atoms with Gasteiger partial charge in [0, 0.05) is 6.54 Å². The van der Waals surface area contributed by atoms with Gasteiger partial charge in [0.25, 0.3) is 5.91 Å². The Morgan fingerprint density at radius 2 is 2.08 bits per heavy atom. The van der Waals surface area contributed by atoms with Crippen LogP contribution in [0.3, 0.4) is 0 Å². The Bertz CT molecular complexity index is 888. The van der Waals surface area contributed by atoms with E-state index < -0.39 is 0 Å². The average molecular weight is 354 g/mol. The maximum Gasteiger partial charge on any atom is 0.255 e. The SMILES string of the molecule is Nc1nnc(C(NC(=O)c2cnn3c2CCCC3)c2ccccc2)s1. The van der Waals surface area contributed by atoms with Crippen molar-refractivity contribution in [3.63, 3.8) is 0 Å². The van der Waals surface area contributed by atoms with Crippen molar-refractivity contribution in [2.75, 3.05) is 5.73 Å². The molecule has 0 bridgehead atoms. The first-order valence-corrected chi connectivity index (χ1v) is 9.03. The molecule has 3 aromatic rings. The van der Waals surface area contributed by atoms with Crippen LogP contribution in [0.15, 0.2) is 36.5 Å². The fraction of sp³-hybridized carbons (Fsp3) is 0.294. The highest BCUT2D eigenvalue weighted by molar-refractivity contribution is 7.15. The maximum atomic E-state index is 12.9. The molecule has 4 rings (SSSR count). The summed E-state index contributed by atoms with van der Waals surface area (Å²) < 4.78 is 1.93. The minimum atomic E-state index is -0.386. The summed E-state index contributed by atoms with van der Waals surface area (Å²) in [6.45, 7) is 0.873. The van der Waals surface area contributed by atoms with Gasteiger partial charge < -0.3 is 11.1 Å². The van der Waals surface area contributed by atoms with Gasteiger partial charge in [-0.05, 0) is 24.8 Å². The Morgan fingerprint density at radius 1 is 1.24 bits per heavy atom. The van der Waals surface area contributed by atoms with Crippen LogP contribution < -0.4 is 11.1 Å². The lowest BCUT2D eigenvalue weighted by molar-refractivity contribution is 0.0941. The van der Waals surface area contributed by atoms with Gasteiger partial charge in [-0.3, -0.25) is 9.48 Å². The van der Waals surface area contributed by atoms with Crippen molar-refractivity contribution in [3.05, 3.63) is 58.4 Å². The third-order valence-electron chi connectivity index (χ3n) is 4.34. The lowest BCUT2D eigenvalue weighted by Gasteiger charge is -2.18. The number of fused-ring (bicyclic) bond motifs is 1. The highest BCUT2D eigenvalue weighted by Crippen LogP contribution is 2.27. The number of aryl methyl sites for hydroxylation is 1. The first-order valence-electron chi connectivity index (χ1n) is 8.22. The highest BCUT2D eigenvalue weighted by atomic mass is 32.1. The molecule has 0 saturated carbocycles. The molecular weight excluding hydrogens is 336 g/mol. The molecule has 2 aromatic heterocycles. The molecule has 25 heavy (non-hydrogen) atoms. The van der Waals surface area contributed by atoms with Crippen molar-refractivity contribution in [2.45, 2.75) is 31.8 Å². The van der Waals surface area contributed by atoms with E-state index >= 15 is 0 Å². The molecule has 1 unspecified atom stereocenters. The molecule has 0 saturated heterocycles. The van der Waals surface area contributed by atoms with Crippen molar-refractivity contribution >= 4 is 22.4 Å². The van der Waals surface area contributed by atoms with E-state index in [9.17, 15) is 4.79 Å². The molecule has 0 aliphatic carbocycles. The normalized spacial score (nSPS) is 14.7. The van der Waals surface area contributed by atoms with E-state index in [1.807, 2.05) is 35.0 Å². The standard InChI is InChI=1S/C17H18N6OS/c18-17-22-21-16(25-17)14(11-6-2-1-3-7-11)20-15(24)12-10-19-23-9-5-4-8-13(12)23/h1-3,6-7,10,14H,4-5,8-9H2,(H2,18,22)(H,20,24). The molecule has 128 valence electrons. The Hall–Kier alpha value is -2.74. The van der Waals surface area contributed by atoms with Gasteiger partial charge in [-0.1, -0.05) is 41.7 Å². The zero-order valence-corrected chi connectivity index (χ0v) is 14.4. The van der Waals surface area contributed by atoms with Gasteiger partial charge in [0.15, 0.2) is 0 Å². The third kappa shape index (κ3) is 3.12. The van der Waals surface area contributed by atoms with E-state index in [1.54, 1.807) is 6.20 Å². The number of hydrogen-bond acceptors (Lipinski definition) is 6. The number of nitrogens with zero attached hydrogens (tertiary/aromatic N) is 4. The van der Waals surface area contributed by atoms with Gasteiger partial charge in [0.2, 0.25) is 5.13 Å². The number of nitrogen functional groups attached to an aromatic ring is 1. The molecule has 1 aliphatic heterocycles. The van der Waals surface area contributed by atoms with Crippen LogP contribution in [0.25, 0.3) is 0 Å². The van der Waals surface area contributed by atoms with Crippen LogP contribution in [0.2, 0.25) is 0 Å². The fourth-order valence-corrected chi connectivity index (χ4v) is 3.81. The second kappa shape index (κ2) is 6.64. The first kappa shape index (κ1) is 15.8. The number of rotatable bonds is 4. The summed E-state index contributed by atoms with van der Waals surface area (Å²) in [4.78, 5) is 12.9. The molecule has 1 aliphatic rings. The van der Waals surface area contributed by atoms with Crippen LogP contribution in [-0.2, 0) is 13.0 Å². The number of anilines is 1. The lowest BCUT2D eigenvalue weighted by atomic mass is 10.0. The predicted octanol–water partition coefficient (Wildman–Crippen LogP) is 2.17. The van der Waals surface area contributed by atoms with Crippen LogP contribution in [0.5, 0.6) is 0 Å². The number of nitrogens with one attached hydrogen (secondary N) is 1. The molecule has 0 fully saturated rings. The molecule has 3 heterocycles. The van der Waals surface area contributed by atoms with Crippen LogP contribution in [0.4, 0.5) is 5.13 Å². The van der Waals surface area contributed by atoms with Crippen molar-refractivity contribution in [1.29, 1.82) is 0 Å². The van der Waals surface area contributed by atoms with E-state index in [-0.39, 0.29) is 11.9 Å². The summed E-state index contributed by atoms with van der Waals surface area (Å²) in [5.74, 6) is -0.147. The topological polar surface area (TPSA) is 98.7 Å². The Labute approximate surface area is 148 Å². The summed E-state index contributed by atoms with van der Waals surface area (Å²) in [6.07, 6.45) is 4.73. The van der Waals surface area contributed by atoms with Gasteiger partial charge >= 0.3 is 0 Å². The predicted molar refractivity (Wildman–Crippen MR) is 95.2 cm³/mol. The highest BCUT2D eigenvalue weighted by Gasteiger charge is 2.25. The molecule has 1 atom stereocenters. The molecular formula is C17H18N6OS. The van der Waals surface area contributed by atoms with Crippen LogP contribution in [0, 0.1) is 0 Å². The smallest absolute Gasteiger partial charge is 0.255 e. The van der Waals surface area contributed by atoms with Crippen LogP contribution >= 0.6 is 11.3 Å². The van der Waals surface area contributed by atoms with Gasteiger partial charge in [-0.15, -0.1) is 10.2 Å². The number of amides is 1. The molecule has 0 spiro atoms. The number of carbonyl (C=O) groups excluding carboxylic acids is 1. The second-order valence-electron chi connectivity index (χ2n) is 5.98. The monoisotopic (exact) mass is 354 g/mol. The molecule has 1 amide bonds. The summed E-state index contributed by atoms with van der Waals surface area (Å²) in [5, 5.41) is 16.5. The zero-order chi connectivity index (χ0) is 17.2. The molecule has 3 N–H and O–H groups in total.